The van der Waals surface area contributed by atoms with Crippen LogP contribution in [0.15, 0.2) is 54.6 Å². The van der Waals surface area contributed by atoms with Crippen molar-refractivity contribution < 1.29 is 19.0 Å². The summed E-state index contributed by atoms with van der Waals surface area (Å²) >= 11 is 0. The van der Waals surface area contributed by atoms with Gasteiger partial charge < -0.3 is 24.8 Å². The fourth-order valence-corrected chi connectivity index (χ4v) is 4.02. The van der Waals surface area contributed by atoms with Gasteiger partial charge in [0.05, 0.1) is 26.4 Å². The molecule has 3 aromatic rings. The minimum absolute atomic E-state index is 0.174. The lowest BCUT2D eigenvalue weighted by atomic mass is 10.1. The van der Waals surface area contributed by atoms with Crippen LogP contribution in [-0.4, -0.2) is 64.8 Å². The quantitative estimate of drug-likeness (QED) is 0.646. The van der Waals surface area contributed by atoms with Gasteiger partial charge in [-0.2, -0.15) is 0 Å². The molecule has 2 fully saturated rings. The van der Waals surface area contributed by atoms with Gasteiger partial charge in [-0.15, -0.1) is 5.10 Å². The average molecular weight is 422 g/mol. The highest BCUT2D eigenvalue weighted by molar-refractivity contribution is 5.89. The van der Waals surface area contributed by atoms with Gasteiger partial charge in [-0.05, 0) is 34.7 Å². The maximum atomic E-state index is 12.5. The van der Waals surface area contributed by atoms with Crippen LogP contribution in [0, 0.1) is 0 Å². The lowest BCUT2D eigenvalue weighted by molar-refractivity contribution is 0.0624. The predicted octanol–water partition coefficient (Wildman–Crippen LogP) is 1.88. The molecule has 10 nitrogen and oxygen atoms in total. The number of carbonyl (C=O) groups excluding carboxylic acids is 1. The summed E-state index contributed by atoms with van der Waals surface area (Å²) in [5.41, 5.74) is 1.59. The zero-order valence-electron chi connectivity index (χ0n) is 16.8. The Bertz CT molecular complexity index is 1040. The first-order valence-electron chi connectivity index (χ1n) is 10.0. The largest absolute Gasteiger partial charge is 0.497 e. The number of methoxy groups -OCH3 is 1. The van der Waals surface area contributed by atoms with E-state index in [1.54, 1.807) is 36.1 Å². The number of tetrazole rings is 1. The molecule has 2 aromatic carbocycles. The van der Waals surface area contributed by atoms with Crippen LogP contribution >= 0.6 is 0 Å². The maximum absolute atomic E-state index is 12.5. The van der Waals surface area contributed by atoms with Crippen molar-refractivity contribution in [3.8, 4) is 17.1 Å². The normalized spacial score (nSPS) is 24.5. The summed E-state index contributed by atoms with van der Waals surface area (Å²) in [7, 11) is 1.60. The molecular weight excluding hydrogens is 400 g/mol. The van der Waals surface area contributed by atoms with Gasteiger partial charge in [-0.1, -0.05) is 30.3 Å². The third kappa shape index (κ3) is 3.82. The molecule has 0 bridgehead atoms. The molecule has 0 unspecified atom stereocenters. The molecule has 5 rings (SSSR count). The van der Waals surface area contributed by atoms with E-state index in [0.29, 0.717) is 24.7 Å². The molecule has 10 heteroatoms. The van der Waals surface area contributed by atoms with Crippen molar-refractivity contribution in [3.05, 3.63) is 54.6 Å². The fraction of sp³-hybridized carbons (Fsp3) is 0.333. The lowest BCUT2D eigenvalue weighted by Crippen LogP contribution is -2.45. The Morgan fingerprint density at radius 3 is 2.61 bits per heavy atom. The molecule has 31 heavy (non-hydrogen) atoms. The van der Waals surface area contributed by atoms with E-state index in [9.17, 15) is 4.79 Å². The predicted molar refractivity (Wildman–Crippen MR) is 111 cm³/mol. The van der Waals surface area contributed by atoms with Crippen LogP contribution in [0.2, 0.25) is 0 Å². The van der Waals surface area contributed by atoms with Gasteiger partial charge in [-0.3, -0.25) is 0 Å². The number of nitrogens with zero attached hydrogens (tertiary/aromatic N) is 4. The van der Waals surface area contributed by atoms with Crippen molar-refractivity contribution in [1.82, 2.24) is 25.5 Å². The van der Waals surface area contributed by atoms with Crippen LogP contribution in [0.3, 0.4) is 0 Å². The van der Waals surface area contributed by atoms with Gasteiger partial charge in [0.2, 0.25) is 0 Å². The maximum Gasteiger partial charge on any atom is 0.319 e. The SMILES string of the molecule is COc1ccc(NC(=O)N[C@H]2CO[C@H]3[C@@H]2OC[C@@H]3n2nnnc2-c2ccccc2)cc1. The molecule has 160 valence electrons. The van der Waals surface area contributed by atoms with Gasteiger partial charge in [-0.25, -0.2) is 9.48 Å². The Labute approximate surface area is 178 Å². The standard InChI is InChI=1S/C21H22N6O4/c1-29-15-9-7-14(8-10-15)22-21(28)23-16-11-30-19-17(12-31-18(16)19)27-20(24-25-26-27)13-5-3-2-4-6-13/h2-10,16-19H,11-12H2,1H3,(H2,22,23,28)/t16-,17-,18+,19+/m0/s1. The Morgan fingerprint density at radius 1 is 1.06 bits per heavy atom. The second kappa shape index (κ2) is 8.32. The van der Waals surface area contributed by atoms with E-state index in [2.05, 4.69) is 26.2 Å². The van der Waals surface area contributed by atoms with Gasteiger partial charge in [0.25, 0.3) is 0 Å². The number of benzene rings is 2. The zero-order valence-corrected chi connectivity index (χ0v) is 16.8. The zero-order chi connectivity index (χ0) is 21.2. The first kappa shape index (κ1) is 19.5. The number of urea groups is 1. The number of aromatic nitrogens is 4. The van der Waals surface area contributed by atoms with Crippen LogP contribution in [-0.2, 0) is 9.47 Å². The van der Waals surface area contributed by atoms with Gasteiger partial charge in [0.15, 0.2) is 5.82 Å². The third-order valence-corrected chi connectivity index (χ3v) is 5.53. The molecule has 3 heterocycles. The number of amides is 2. The molecule has 1 aromatic heterocycles. The van der Waals surface area contributed by atoms with E-state index in [0.717, 1.165) is 11.3 Å². The number of ether oxygens (including phenoxy) is 3. The monoisotopic (exact) mass is 422 g/mol. The Morgan fingerprint density at radius 2 is 1.84 bits per heavy atom. The molecule has 2 amide bonds. The van der Waals surface area contributed by atoms with E-state index in [-0.39, 0.29) is 30.3 Å². The van der Waals surface area contributed by atoms with Crippen LogP contribution < -0.4 is 15.4 Å². The van der Waals surface area contributed by atoms with Crippen molar-refractivity contribution in [2.75, 3.05) is 25.6 Å². The number of rotatable bonds is 5. The smallest absolute Gasteiger partial charge is 0.319 e. The van der Waals surface area contributed by atoms with Gasteiger partial charge in [0, 0.05) is 11.3 Å². The minimum atomic E-state index is -0.320. The Hall–Kier alpha value is -3.50. The molecule has 0 aliphatic carbocycles. The van der Waals surface area contributed by atoms with Crippen molar-refractivity contribution in [2.45, 2.75) is 24.3 Å². The average Bonchev–Trinajstić information content (AvgIpc) is 3.52. The van der Waals surface area contributed by atoms with Gasteiger partial charge >= 0.3 is 6.03 Å². The second-order valence-electron chi connectivity index (χ2n) is 7.41. The molecule has 2 aliphatic rings. The number of anilines is 1. The van der Waals surface area contributed by atoms with E-state index in [4.69, 9.17) is 14.2 Å². The van der Waals surface area contributed by atoms with Crippen molar-refractivity contribution >= 4 is 11.7 Å². The van der Waals surface area contributed by atoms with Crippen LogP contribution in [0.1, 0.15) is 6.04 Å². The molecule has 0 saturated carbocycles. The summed E-state index contributed by atoms with van der Waals surface area (Å²) in [5.74, 6) is 1.38. The molecule has 2 aliphatic heterocycles. The number of nitrogens with one attached hydrogen (secondary N) is 2. The number of carbonyl (C=O) groups is 1. The third-order valence-electron chi connectivity index (χ3n) is 5.53. The summed E-state index contributed by atoms with van der Waals surface area (Å²) in [6.07, 6.45) is -0.531. The lowest BCUT2D eigenvalue weighted by Gasteiger charge is -2.18. The Kier molecular flexibility index (Phi) is 5.23. The number of hydrogen-bond acceptors (Lipinski definition) is 7. The van der Waals surface area contributed by atoms with Gasteiger partial charge in [0.1, 0.15) is 24.0 Å². The second-order valence-corrected chi connectivity index (χ2v) is 7.41. The first-order valence-corrected chi connectivity index (χ1v) is 10.0. The van der Waals surface area contributed by atoms with Crippen molar-refractivity contribution in [1.29, 1.82) is 0 Å². The molecule has 4 atom stereocenters. The molecule has 0 spiro atoms. The molecule has 2 N–H and O–H groups in total. The minimum Gasteiger partial charge on any atom is -0.497 e. The summed E-state index contributed by atoms with van der Waals surface area (Å²) in [6.45, 7) is 0.753. The van der Waals surface area contributed by atoms with E-state index >= 15 is 0 Å². The van der Waals surface area contributed by atoms with E-state index in [1.807, 2.05) is 30.3 Å². The molecule has 2 saturated heterocycles. The summed E-state index contributed by atoms with van der Waals surface area (Å²) in [4.78, 5) is 12.5. The van der Waals surface area contributed by atoms with Crippen LogP contribution in [0.25, 0.3) is 11.4 Å². The highest BCUT2D eigenvalue weighted by atomic mass is 16.6. The molecular formula is C21H22N6O4. The van der Waals surface area contributed by atoms with Crippen molar-refractivity contribution in [3.63, 3.8) is 0 Å². The van der Waals surface area contributed by atoms with Crippen LogP contribution in [0.4, 0.5) is 10.5 Å². The number of fused-ring (bicyclic) bond motifs is 1. The van der Waals surface area contributed by atoms with E-state index < -0.39 is 0 Å². The summed E-state index contributed by atoms with van der Waals surface area (Å²) in [5, 5.41) is 18.0. The highest BCUT2D eigenvalue weighted by Crippen LogP contribution is 2.35. The van der Waals surface area contributed by atoms with Crippen molar-refractivity contribution in [2.24, 2.45) is 0 Å². The van der Waals surface area contributed by atoms with Crippen LogP contribution in [0.5, 0.6) is 5.75 Å². The summed E-state index contributed by atoms with van der Waals surface area (Å²) in [6, 6.07) is 16.1. The topological polar surface area (TPSA) is 112 Å². The fourth-order valence-electron chi connectivity index (χ4n) is 4.02. The first-order chi connectivity index (χ1) is 15.2. The number of hydrogen-bond donors (Lipinski definition) is 2. The summed E-state index contributed by atoms with van der Waals surface area (Å²) < 4.78 is 18.9. The Balaban J connectivity index is 1.24. The highest BCUT2D eigenvalue weighted by Gasteiger charge is 2.50. The van der Waals surface area contributed by atoms with E-state index in [1.165, 1.54) is 0 Å². The molecule has 0 radical (unpaired) electrons.